The molecule has 1 aromatic heterocycles. The van der Waals surface area contributed by atoms with Crippen LogP contribution in [-0.2, 0) is 31.3 Å². The molecule has 0 spiro atoms. The van der Waals surface area contributed by atoms with Gasteiger partial charge in [0.05, 0.1) is 0 Å². The zero-order valence-corrected chi connectivity index (χ0v) is 9.79. The molecule has 5 heteroatoms. The summed E-state index contributed by atoms with van der Waals surface area (Å²) in [5, 5.41) is 2.12. The van der Waals surface area contributed by atoms with E-state index in [1.165, 1.54) is 10.4 Å². The van der Waals surface area contributed by atoms with Gasteiger partial charge in [0.15, 0.2) is 0 Å². The predicted molar refractivity (Wildman–Crippen MR) is 45.6 cm³/mol. The van der Waals surface area contributed by atoms with Crippen LogP contribution in [0.3, 0.4) is 0 Å². The summed E-state index contributed by atoms with van der Waals surface area (Å²) in [5.74, 6) is 0. The van der Waals surface area contributed by atoms with Crippen molar-refractivity contribution in [3.8, 4) is 0 Å². The van der Waals surface area contributed by atoms with Gasteiger partial charge in [-0.2, -0.15) is 0 Å². The summed E-state index contributed by atoms with van der Waals surface area (Å²) in [7, 11) is 0. The average molecular weight is 248 g/mol. The molecule has 0 aromatic carbocycles. The summed E-state index contributed by atoms with van der Waals surface area (Å²) in [6.45, 7) is 17.8. The molecule has 1 rings (SSSR count). The second-order valence-electron chi connectivity index (χ2n) is 1.66. The number of thiophene rings is 1. The fourth-order valence-corrected chi connectivity index (χ4v) is 1.18. The van der Waals surface area contributed by atoms with E-state index in [1.54, 1.807) is 11.3 Å². The van der Waals surface area contributed by atoms with E-state index in [9.17, 15) is 0 Å². The number of hydrogen-bond acceptors (Lipinski definition) is 1. The van der Waals surface area contributed by atoms with Crippen LogP contribution in [0.1, 0.15) is 10.4 Å². The normalized spacial score (nSPS) is 5.14. The maximum absolute atomic E-state index is 7.50. The van der Waals surface area contributed by atoms with E-state index in [2.05, 4.69) is 45.2 Å². The Morgan fingerprint density at radius 3 is 1.43 bits per heavy atom. The fourth-order valence-electron chi connectivity index (χ4n) is 0.448. The molecule has 1 aromatic rings. The molecule has 0 N–H and O–H groups in total. The van der Waals surface area contributed by atoms with Crippen molar-refractivity contribution in [1.29, 1.82) is 0 Å². The van der Waals surface area contributed by atoms with Gasteiger partial charge in [-0.1, -0.05) is 0 Å². The van der Waals surface area contributed by atoms with Crippen LogP contribution in [-0.4, -0.2) is 0 Å². The van der Waals surface area contributed by atoms with Crippen LogP contribution in [0.5, 0.6) is 0 Å². The first-order valence-corrected chi connectivity index (χ1v) is 3.80. The van der Waals surface area contributed by atoms with Gasteiger partial charge in [0.2, 0.25) is 0 Å². The Balaban J connectivity index is -0.0000000625. The summed E-state index contributed by atoms with van der Waals surface area (Å²) >= 11 is 1.80. The van der Waals surface area contributed by atoms with Gasteiger partial charge in [-0.15, -0.1) is 11.3 Å². The Bertz CT molecular complexity index is 232. The van der Waals surface area contributed by atoms with E-state index >= 15 is 0 Å². The first-order valence-electron chi connectivity index (χ1n) is 2.92. The van der Waals surface area contributed by atoms with Gasteiger partial charge in [-0.25, -0.2) is 0 Å². The molecule has 0 aliphatic heterocycles. The van der Waals surface area contributed by atoms with Crippen LogP contribution >= 0.6 is 11.3 Å². The van der Waals surface area contributed by atoms with E-state index in [4.69, 9.17) is 14.0 Å². The van der Waals surface area contributed by atoms with E-state index in [1.807, 2.05) is 0 Å². The molecule has 3 nitrogen and oxygen atoms in total. The fraction of sp³-hybridized carbons (Fsp3) is 0.222. The largest absolute Gasteiger partial charge is 0 e. The number of rotatable bonds is 0. The minimum Gasteiger partial charge on any atom is 0 e. The van der Waals surface area contributed by atoms with Crippen LogP contribution in [0.4, 0.5) is 0 Å². The van der Waals surface area contributed by atoms with Gasteiger partial charge < -0.3 is 0 Å². The minimum atomic E-state index is 0. The molecule has 0 bridgehead atoms. The number of aryl methyl sites for hydroxylation is 2. The third kappa shape index (κ3) is 14.0. The molecule has 0 atom stereocenters. The number of hydrogen-bond donors (Lipinski definition) is 0. The van der Waals surface area contributed by atoms with E-state index in [0.717, 1.165) is 0 Å². The topological polar surface area (TPSA) is 59.7 Å². The molecule has 0 radical (unpaired) electrons. The summed E-state index contributed by atoms with van der Waals surface area (Å²) in [6.07, 6.45) is 0. The van der Waals surface area contributed by atoms with E-state index in [-0.39, 0.29) is 17.4 Å². The molecule has 74 valence electrons. The molecule has 0 saturated heterocycles. The smallest absolute Gasteiger partial charge is 0 e. The first kappa shape index (κ1) is 23.3. The Labute approximate surface area is 98.4 Å². The van der Waals surface area contributed by atoms with Crippen molar-refractivity contribution in [2.45, 2.75) is 13.8 Å². The molecule has 0 saturated carbocycles. The molecule has 0 fully saturated rings. The Morgan fingerprint density at radius 1 is 1.00 bits per heavy atom. The molecular formula is C9H8CrO3S. The second kappa shape index (κ2) is 22.9. The standard InChI is InChI=1S/C6H8S.3CO.Cr/c1-5-3-4-7-6(5)2;3*1-2;/h3-4H,1-2H3;;;;. The molecule has 0 amide bonds. The van der Waals surface area contributed by atoms with E-state index < -0.39 is 0 Å². The van der Waals surface area contributed by atoms with Crippen LogP contribution in [0.2, 0.25) is 0 Å². The Kier molecular flexibility index (Phi) is 38.1. The predicted octanol–water partition coefficient (Wildman–Crippen LogP) is 2.25. The average Bonchev–Trinajstić information content (AvgIpc) is 2.61. The zero-order chi connectivity index (χ0) is 11.3. The SMILES string of the molecule is Cc1ccsc1C.[C-]#[O+].[C-]#[O+].[C-]#[O+].[Cr]. The van der Waals surface area contributed by atoms with Gasteiger partial charge in [0, 0.05) is 22.2 Å². The summed E-state index contributed by atoms with van der Waals surface area (Å²) in [5.41, 5.74) is 1.41. The molecule has 0 aliphatic rings. The molecular weight excluding hydrogens is 240 g/mol. The van der Waals surface area contributed by atoms with Crippen molar-refractivity contribution in [3.63, 3.8) is 0 Å². The van der Waals surface area contributed by atoms with Crippen molar-refractivity contribution in [2.75, 3.05) is 0 Å². The third-order valence-corrected chi connectivity index (χ3v) is 2.07. The minimum absolute atomic E-state index is 0. The van der Waals surface area contributed by atoms with Crippen LogP contribution in [0.15, 0.2) is 11.4 Å². The van der Waals surface area contributed by atoms with Gasteiger partial charge in [-0.05, 0) is 30.9 Å². The Morgan fingerprint density at radius 2 is 1.36 bits per heavy atom. The van der Waals surface area contributed by atoms with Crippen LogP contribution < -0.4 is 0 Å². The summed E-state index contributed by atoms with van der Waals surface area (Å²) < 4.78 is 22.5. The maximum atomic E-state index is 7.50. The summed E-state index contributed by atoms with van der Waals surface area (Å²) in [6, 6.07) is 2.14. The van der Waals surface area contributed by atoms with Gasteiger partial charge >= 0.3 is 33.9 Å². The third-order valence-electron chi connectivity index (χ3n) is 1.12. The van der Waals surface area contributed by atoms with Crippen LogP contribution in [0.25, 0.3) is 0 Å². The van der Waals surface area contributed by atoms with Gasteiger partial charge in [0.25, 0.3) is 0 Å². The van der Waals surface area contributed by atoms with Gasteiger partial charge in [0.1, 0.15) is 0 Å². The summed E-state index contributed by atoms with van der Waals surface area (Å²) in [4.78, 5) is 1.43. The zero-order valence-electron chi connectivity index (χ0n) is 7.70. The molecule has 0 aliphatic carbocycles. The molecule has 14 heavy (non-hydrogen) atoms. The Hall–Kier alpha value is -0.548. The van der Waals surface area contributed by atoms with E-state index in [0.29, 0.717) is 0 Å². The quantitative estimate of drug-likeness (QED) is 0.499. The van der Waals surface area contributed by atoms with Crippen molar-refractivity contribution in [2.24, 2.45) is 0 Å². The first-order chi connectivity index (χ1) is 6.30. The van der Waals surface area contributed by atoms with Crippen molar-refractivity contribution < 1.29 is 31.3 Å². The molecule has 0 unspecified atom stereocenters. The van der Waals surface area contributed by atoms with Gasteiger partial charge in [-0.3, -0.25) is 0 Å². The van der Waals surface area contributed by atoms with Crippen LogP contribution in [0, 0.1) is 33.8 Å². The second-order valence-corrected chi connectivity index (χ2v) is 2.78. The van der Waals surface area contributed by atoms with Crippen molar-refractivity contribution >= 4 is 11.3 Å². The van der Waals surface area contributed by atoms with Crippen molar-refractivity contribution in [3.05, 3.63) is 41.8 Å². The maximum Gasteiger partial charge on any atom is 0 e. The monoisotopic (exact) mass is 248 g/mol. The van der Waals surface area contributed by atoms with Crippen molar-refractivity contribution in [1.82, 2.24) is 0 Å². The molecule has 1 heterocycles.